The third-order valence-corrected chi connectivity index (χ3v) is 9.27. The molecule has 37 heavy (non-hydrogen) atoms. The van der Waals surface area contributed by atoms with Crippen molar-refractivity contribution in [3.8, 4) is 0 Å². The van der Waals surface area contributed by atoms with Crippen LogP contribution in [-0.4, -0.2) is 53.0 Å². The van der Waals surface area contributed by atoms with Gasteiger partial charge in [0, 0.05) is 18.3 Å². The first-order chi connectivity index (χ1) is 17.7. The summed E-state index contributed by atoms with van der Waals surface area (Å²) in [5.74, 6) is -0.616. The van der Waals surface area contributed by atoms with Gasteiger partial charge in [0.1, 0.15) is 11.6 Å². The van der Waals surface area contributed by atoms with E-state index >= 15 is 0 Å². The quantitative estimate of drug-likeness (QED) is 0.540. The molecule has 1 aromatic carbocycles. The average Bonchev–Trinajstić information content (AvgIpc) is 3.50. The van der Waals surface area contributed by atoms with Crippen molar-refractivity contribution in [2.75, 3.05) is 11.9 Å². The van der Waals surface area contributed by atoms with Crippen molar-refractivity contribution in [1.82, 2.24) is 10.2 Å². The Hall–Kier alpha value is -2.67. The van der Waals surface area contributed by atoms with Gasteiger partial charge in [0.25, 0.3) is 0 Å². The van der Waals surface area contributed by atoms with Gasteiger partial charge in [-0.1, -0.05) is 71.7 Å². The fourth-order valence-corrected chi connectivity index (χ4v) is 6.97. The summed E-state index contributed by atoms with van der Waals surface area (Å²) in [5, 5.41) is 6.30. The maximum absolute atomic E-state index is 13.9. The molecule has 7 heteroatoms. The lowest BCUT2D eigenvalue weighted by Gasteiger charge is -2.38. The van der Waals surface area contributed by atoms with E-state index in [-0.39, 0.29) is 23.8 Å². The lowest BCUT2D eigenvalue weighted by Crippen LogP contribution is -2.57. The molecular formula is C30H41N3O4. The minimum atomic E-state index is -1.10. The summed E-state index contributed by atoms with van der Waals surface area (Å²) in [7, 11) is 0. The zero-order valence-corrected chi connectivity index (χ0v) is 22.7. The molecule has 1 aliphatic carbocycles. The normalized spacial score (nSPS) is 36.2. The monoisotopic (exact) mass is 507 g/mol. The SMILES string of the molecule is CCCN1C(=O)[C@@H]2[C@H](C(=O)Nc3ccc(C(C)C)cc3)[C@@H]3C=C[C@@]2(O3)[C@@H]1C(=O)N[C@@H]1CCC[C@@H](C)[C@@H]1C. The van der Waals surface area contributed by atoms with E-state index in [0.717, 1.165) is 19.3 Å². The van der Waals surface area contributed by atoms with Crippen LogP contribution in [0, 0.1) is 23.7 Å². The lowest BCUT2D eigenvalue weighted by atomic mass is 9.73. The van der Waals surface area contributed by atoms with Crippen LogP contribution in [0.25, 0.3) is 0 Å². The number of nitrogens with one attached hydrogen (secondary N) is 2. The molecule has 1 aromatic rings. The average molecular weight is 508 g/mol. The molecule has 2 saturated heterocycles. The number of benzene rings is 1. The van der Waals surface area contributed by atoms with Crippen LogP contribution in [0.5, 0.6) is 0 Å². The molecule has 3 heterocycles. The zero-order valence-electron chi connectivity index (χ0n) is 22.7. The van der Waals surface area contributed by atoms with Crippen molar-refractivity contribution in [3.63, 3.8) is 0 Å². The number of likely N-dealkylation sites (tertiary alicyclic amines) is 1. The Morgan fingerprint density at radius 3 is 2.54 bits per heavy atom. The van der Waals surface area contributed by atoms with Gasteiger partial charge in [-0.25, -0.2) is 0 Å². The standard InChI is InChI=1S/C30H41N3O4/c1-6-16-33-26(28(35)32-22-9-7-8-18(4)19(22)5)30-15-14-23(37-30)24(25(30)29(33)36)27(34)31-21-12-10-20(11-13-21)17(2)3/h10-15,17-19,22-26H,6-9,16H2,1-5H3,(H,31,34)(H,32,35)/t18-,19+,22-,23+,24-,25+,26+,30+/m1/s1. The van der Waals surface area contributed by atoms with Crippen molar-refractivity contribution < 1.29 is 19.1 Å². The number of nitrogens with zero attached hydrogens (tertiary/aromatic N) is 1. The van der Waals surface area contributed by atoms with Crippen LogP contribution in [0.15, 0.2) is 36.4 Å². The lowest BCUT2D eigenvalue weighted by molar-refractivity contribution is -0.141. The van der Waals surface area contributed by atoms with E-state index < -0.39 is 29.6 Å². The molecule has 0 radical (unpaired) electrons. The fourth-order valence-electron chi connectivity index (χ4n) is 6.97. The number of amides is 3. The summed E-state index contributed by atoms with van der Waals surface area (Å²) in [6.07, 6.45) is 7.17. The van der Waals surface area contributed by atoms with Gasteiger partial charge in [-0.3, -0.25) is 14.4 Å². The second-order valence-corrected chi connectivity index (χ2v) is 11.9. The minimum Gasteiger partial charge on any atom is -0.359 e. The molecule has 200 valence electrons. The van der Waals surface area contributed by atoms with Gasteiger partial charge in [0.2, 0.25) is 17.7 Å². The molecule has 2 N–H and O–H groups in total. The summed E-state index contributed by atoms with van der Waals surface area (Å²) in [5.41, 5.74) is 0.786. The van der Waals surface area contributed by atoms with Crippen molar-refractivity contribution in [2.24, 2.45) is 23.7 Å². The zero-order chi connectivity index (χ0) is 26.5. The van der Waals surface area contributed by atoms with Crippen molar-refractivity contribution >= 4 is 23.4 Å². The van der Waals surface area contributed by atoms with Gasteiger partial charge >= 0.3 is 0 Å². The highest BCUT2D eigenvalue weighted by molar-refractivity contribution is 6.02. The summed E-state index contributed by atoms with van der Waals surface area (Å²) in [4.78, 5) is 42.9. The minimum absolute atomic E-state index is 0.0840. The summed E-state index contributed by atoms with van der Waals surface area (Å²) >= 11 is 0. The predicted octanol–water partition coefficient (Wildman–Crippen LogP) is 4.25. The van der Waals surface area contributed by atoms with Crippen molar-refractivity contribution in [2.45, 2.75) is 90.0 Å². The molecule has 7 nitrogen and oxygen atoms in total. The molecule has 8 atom stereocenters. The first-order valence-electron chi connectivity index (χ1n) is 14.1. The molecule has 1 saturated carbocycles. The third kappa shape index (κ3) is 4.29. The van der Waals surface area contributed by atoms with Crippen LogP contribution >= 0.6 is 0 Å². The third-order valence-electron chi connectivity index (χ3n) is 9.27. The molecule has 3 amide bonds. The topological polar surface area (TPSA) is 87.7 Å². The molecule has 1 spiro atoms. The van der Waals surface area contributed by atoms with E-state index in [1.165, 1.54) is 12.0 Å². The van der Waals surface area contributed by atoms with Gasteiger partial charge < -0.3 is 20.3 Å². The molecule has 0 unspecified atom stereocenters. The number of fused-ring (bicyclic) bond motifs is 1. The van der Waals surface area contributed by atoms with E-state index in [2.05, 4.69) is 38.3 Å². The molecule has 4 aliphatic rings. The van der Waals surface area contributed by atoms with Gasteiger partial charge in [-0.2, -0.15) is 0 Å². The maximum atomic E-state index is 13.9. The van der Waals surface area contributed by atoms with Gasteiger partial charge in [0.15, 0.2) is 0 Å². The summed E-state index contributed by atoms with van der Waals surface area (Å²) < 4.78 is 6.43. The Morgan fingerprint density at radius 2 is 1.86 bits per heavy atom. The highest BCUT2D eigenvalue weighted by Gasteiger charge is 2.72. The Bertz CT molecular complexity index is 1080. The van der Waals surface area contributed by atoms with Crippen LogP contribution in [0.1, 0.15) is 71.8 Å². The molecular weight excluding hydrogens is 466 g/mol. The van der Waals surface area contributed by atoms with Gasteiger partial charge in [0.05, 0.1) is 17.9 Å². The van der Waals surface area contributed by atoms with Crippen LogP contribution in [0.2, 0.25) is 0 Å². The molecule has 3 fully saturated rings. The van der Waals surface area contributed by atoms with Crippen molar-refractivity contribution in [1.29, 1.82) is 0 Å². The highest BCUT2D eigenvalue weighted by atomic mass is 16.5. The molecule has 5 rings (SSSR count). The van der Waals surface area contributed by atoms with E-state index in [0.29, 0.717) is 30.0 Å². The number of rotatable bonds is 7. The van der Waals surface area contributed by atoms with E-state index in [9.17, 15) is 14.4 Å². The molecule has 0 aromatic heterocycles. The Kier molecular flexibility index (Phi) is 6.94. The van der Waals surface area contributed by atoms with Crippen LogP contribution in [-0.2, 0) is 19.1 Å². The highest BCUT2D eigenvalue weighted by Crippen LogP contribution is 2.55. The Labute approximate surface area is 220 Å². The number of carbonyl (C=O) groups is 3. The Balaban J connectivity index is 1.39. The van der Waals surface area contributed by atoms with Gasteiger partial charge in [-0.15, -0.1) is 0 Å². The second-order valence-electron chi connectivity index (χ2n) is 11.9. The van der Waals surface area contributed by atoms with E-state index in [1.807, 2.05) is 43.3 Å². The van der Waals surface area contributed by atoms with Crippen LogP contribution < -0.4 is 10.6 Å². The van der Waals surface area contributed by atoms with Gasteiger partial charge in [-0.05, 0) is 48.3 Å². The maximum Gasteiger partial charge on any atom is 0.246 e. The largest absolute Gasteiger partial charge is 0.359 e. The summed E-state index contributed by atoms with van der Waals surface area (Å²) in [6, 6.07) is 7.14. The first-order valence-corrected chi connectivity index (χ1v) is 14.1. The number of anilines is 1. The fraction of sp³-hybridized carbons (Fsp3) is 0.633. The van der Waals surface area contributed by atoms with Crippen LogP contribution in [0.4, 0.5) is 5.69 Å². The Morgan fingerprint density at radius 1 is 1.14 bits per heavy atom. The number of hydrogen-bond donors (Lipinski definition) is 2. The van der Waals surface area contributed by atoms with E-state index in [4.69, 9.17) is 4.74 Å². The predicted molar refractivity (Wildman–Crippen MR) is 143 cm³/mol. The molecule has 3 aliphatic heterocycles. The number of hydrogen-bond acceptors (Lipinski definition) is 4. The summed E-state index contributed by atoms with van der Waals surface area (Å²) in [6.45, 7) is 11.1. The first kappa shape index (κ1) is 26.0. The second kappa shape index (κ2) is 9.90. The van der Waals surface area contributed by atoms with Crippen LogP contribution in [0.3, 0.4) is 0 Å². The number of carbonyl (C=O) groups excluding carboxylic acids is 3. The van der Waals surface area contributed by atoms with Crippen molar-refractivity contribution in [3.05, 3.63) is 42.0 Å². The number of ether oxygens (including phenoxy) is 1. The molecule has 2 bridgehead atoms. The van der Waals surface area contributed by atoms with E-state index in [1.54, 1.807) is 4.90 Å². The smallest absolute Gasteiger partial charge is 0.246 e.